The van der Waals surface area contributed by atoms with E-state index in [1.807, 2.05) is 0 Å². The van der Waals surface area contributed by atoms with Crippen molar-refractivity contribution in [2.24, 2.45) is 0 Å². The molecule has 0 spiro atoms. The highest BCUT2D eigenvalue weighted by Gasteiger charge is 2.64. The van der Waals surface area contributed by atoms with Crippen molar-refractivity contribution in [2.75, 3.05) is 0 Å². The summed E-state index contributed by atoms with van der Waals surface area (Å²) >= 11 is 24.0. The Morgan fingerprint density at radius 3 is 1.18 bits per heavy atom. The number of hydrogen-bond donors (Lipinski definition) is 0. The van der Waals surface area contributed by atoms with Gasteiger partial charge in [-0.2, -0.15) is 43.2 Å². The van der Waals surface area contributed by atoms with Crippen molar-refractivity contribution in [3.05, 3.63) is 67.6 Å². The van der Waals surface area contributed by atoms with E-state index in [-0.39, 0.29) is 36.1 Å². The first-order valence-corrected chi connectivity index (χ1v) is 13.7. The van der Waals surface area contributed by atoms with Gasteiger partial charge in [0.1, 0.15) is 0 Å². The van der Waals surface area contributed by atoms with Crippen molar-refractivity contribution in [1.29, 1.82) is 0 Å². The molecule has 210 valence electrons. The number of alkyl halides is 6. The number of amides is 2. The van der Waals surface area contributed by atoms with Gasteiger partial charge in [-0.15, -0.1) is 3.71 Å². The molecule has 0 atom stereocenters. The van der Waals surface area contributed by atoms with Gasteiger partial charge in [-0.05, 0) is 24.3 Å². The zero-order valence-corrected chi connectivity index (χ0v) is 22.5. The number of rotatable bonds is 6. The van der Waals surface area contributed by atoms with Gasteiger partial charge in [0.2, 0.25) is 0 Å². The standard InChI is InChI=1S/C18H10Cl4F6N2O6S2/c19-11-3-1-4-12(20)9(11)7-29(8-10-13(21)5-2-6-14(10)22)15(31)16(32)30(37(33,34)17(23,24)25)38(35,36)18(26,27)28/h1-6H,7-8H2. The van der Waals surface area contributed by atoms with Crippen LogP contribution >= 0.6 is 46.4 Å². The van der Waals surface area contributed by atoms with Gasteiger partial charge in [0.05, 0.1) is 0 Å². The van der Waals surface area contributed by atoms with E-state index < -0.39 is 59.7 Å². The van der Waals surface area contributed by atoms with E-state index in [0.717, 1.165) is 0 Å². The summed E-state index contributed by atoms with van der Waals surface area (Å²) in [5.41, 5.74) is -13.9. The Morgan fingerprint density at radius 2 is 0.921 bits per heavy atom. The number of halogens is 10. The Morgan fingerprint density at radius 1 is 0.632 bits per heavy atom. The van der Waals surface area contributed by atoms with Crippen molar-refractivity contribution in [3.8, 4) is 0 Å². The highest BCUT2D eigenvalue weighted by atomic mass is 35.5. The molecule has 0 saturated carbocycles. The van der Waals surface area contributed by atoms with Gasteiger partial charge >= 0.3 is 42.9 Å². The summed E-state index contributed by atoms with van der Waals surface area (Å²) < 4.78 is 123. The third kappa shape index (κ3) is 6.42. The van der Waals surface area contributed by atoms with E-state index >= 15 is 0 Å². The van der Waals surface area contributed by atoms with Crippen LogP contribution in [0.1, 0.15) is 11.1 Å². The molecule has 8 nitrogen and oxygen atoms in total. The molecular weight excluding hydrogens is 660 g/mol. The van der Waals surface area contributed by atoms with Crippen LogP contribution in [0.25, 0.3) is 0 Å². The molecule has 0 fully saturated rings. The number of nitrogens with zero attached hydrogens (tertiary/aromatic N) is 2. The predicted octanol–water partition coefficient (Wildman–Crippen LogP) is 5.36. The van der Waals surface area contributed by atoms with Crippen LogP contribution in [0.5, 0.6) is 0 Å². The molecule has 2 amide bonds. The first kappa shape index (κ1) is 32.2. The molecule has 20 heteroatoms. The van der Waals surface area contributed by atoms with Crippen LogP contribution < -0.4 is 0 Å². The highest BCUT2D eigenvalue weighted by molar-refractivity contribution is 8.05. The van der Waals surface area contributed by atoms with Crippen molar-refractivity contribution in [3.63, 3.8) is 0 Å². The minimum Gasteiger partial charge on any atom is -0.326 e. The molecule has 0 heterocycles. The third-order valence-electron chi connectivity index (χ3n) is 4.48. The van der Waals surface area contributed by atoms with Gasteiger partial charge in [0, 0.05) is 44.3 Å². The number of benzene rings is 2. The first-order valence-electron chi connectivity index (χ1n) is 9.26. The normalized spacial score (nSPS) is 12.8. The molecular formula is C18H10Cl4F6N2O6S2. The summed E-state index contributed by atoms with van der Waals surface area (Å²) in [5.74, 6) is -5.68. The van der Waals surface area contributed by atoms with Crippen LogP contribution in [-0.4, -0.2) is 48.3 Å². The Hall–Kier alpha value is -1.98. The molecule has 0 aliphatic rings. The number of hydrogen-bond acceptors (Lipinski definition) is 6. The Balaban J connectivity index is 2.75. The average Bonchev–Trinajstić information content (AvgIpc) is 2.75. The molecule has 0 unspecified atom stereocenters. The van der Waals surface area contributed by atoms with Crippen LogP contribution in [0.15, 0.2) is 36.4 Å². The molecule has 0 aliphatic carbocycles. The minimum absolute atomic E-state index is 0.160. The van der Waals surface area contributed by atoms with Crippen molar-refractivity contribution in [2.45, 2.75) is 24.1 Å². The smallest absolute Gasteiger partial charge is 0.326 e. The number of carbonyl (C=O) groups is 2. The summed E-state index contributed by atoms with van der Waals surface area (Å²) in [6, 6.07) is 7.50. The SMILES string of the molecule is O=C(C(=O)N(S(=O)(=O)C(F)(F)F)S(=O)(=O)C(F)(F)F)N(Cc1c(Cl)cccc1Cl)Cc1c(Cl)cccc1Cl. The van der Waals surface area contributed by atoms with Crippen LogP contribution in [-0.2, 0) is 42.7 Å². The maximum absolute atomic E-state index is 13.1. The van der Waals surface area contributed by atoms with Gasteiger partial charge in [-0.1, -0.05) is 58.5 Å². The van der Waals surface area contributed by atoms with Crippen molar-refractivity contribution >= 4 is 78.3 Å². The van der Waals surface area contributed by atoms with Crippen LogP contribution in [0, 0.1) is 0 Å². The molecule has 2 aromatic rings. The highest BCUT2D eigenvalue weighted by Crippen LogP contribution is 2.36. The summed E-state index contributed by atoms with van der Waals surface area (Å²) in [7, 11) is -15.2. The Bertz CT molecular complexity index is 1350. The fourth-order valence-electron chi connectivity index (χ4n) is 2.70. The third-order valence-corrected chi connectivity index (χ3v) is 9.45. The maximum atomic E-state index is 13.1. The second kappa shape index (κ2) is 11.3. The van der Waals surface area contributed by atoms with Crippen LogP contribution in [0.4, 0.5) is 26.3 Å². The van der Waals surface area contributed by atoms with Gasteiger partial charge in [-0.3, -0.25) is 9.59 Å². The fourth-order valence-corrected chi connectivity index (χ4v) is 6.24. The van der Waals surface area contributed by atoms with E-state index in [1.54, 1.807) is 0 Å². The van der Waals surface area contributed by atoms with Gasteiger partial charge in [0.25, 0.3) is 0 Å². The Labute approximate surface area is 230 Å². The molecule has 38 heavy (non-hydrogen) atoms. The van der Waals surface area contributed by atoms with E-state index in [1.165, 1.54) is 36.4 Å². The van der Waals surface area contributed by atoms with Crippen LogP contribution in [0.3, 0.4) is 0 Å². The summed E-state index contributed by atoms with van der Waals surface area (Å²) in [6.45, 7) is -1.90. The first-order chi connectivity index (χ1) is 17.1. The largest absolute Gasteiger partial charge is 0.517 e. The average molecular weight is 670 g/mol. The quantitative estimate of drug-likeness (QED) is 0.303. The summed E-state index contributed by atoms with van der Waals surface area (Å²) in [5, 5.41) is -0.794. The van der Waals surface area contributed by atoms with Gasteiger partial charge in [0.15, 0.2) is 0 Å². The minimum atomic E-state index is -7.61. The lowest BCUT2D eigenvalue weighted by Gasteiger charge is -2.28. The van der Waals surface area contributed by atoms with Crippen LogP contribution in [0.2, 0.25) is 20.1 Å². The van der Waals surface area contributed by atoms with E-state index in [9.17, 15) is 52.8 Å². The molecule has 0 bridgehead atoms. The lowest BCUT2D eigenvalue weighted by atomic mass is 10.1. The zero-order valence-electron chi connectivity index (χ0n) is 17.8. The molecule has 0 N–H and O–H groups in total. The van der Waals surface area contributed by atoms with E-state index in [4.69, 9.17) is 46.4 Å². The van der Waals surface area contributed by atoms with Crippen molar-refractivity contribution in [1.82, 2.24) is 8.61 Å². The summed E-state index contributed by atoms with van der Waals surface area (Å²) in [6.07, 6.45) is 0. The topological polar surface area (TPSA) is 109 Å². The number of carbonyl (C=O) groups excluding carboxylic acids is 2. The second-order valence-corrected chi connectivity index (χ2v) is 12.4. The van der Waals surface area contributed by atoms with Crippen molar-refractivity contribution < 1.29 is 52.8 Å². The van der Waals surface area contributed by atoms with Gasteiger partial charge in [-0.25, -0.2) is 0 Å². The predicted molar refractivity (Wildman–Crippen MR) is 124 cm³/mol. The molecule has 0 saturated heterocycles. The fraction of sp³-hybridized carbons (Fsp3) is 0.222. The molecule has 2 rings (SSSR count). The summed E-state index contributed by atoms with van der Waals surface area (Å²) in [4.78, 5) is 25.8. The lowest BCUT2D eigenvalue weighted by Crippen LogP contribution is -2.56. The van der Waals surface area contributed by atoms with Gasteiger partial charge < -0.3 is 4.90 Å². The lowest BCUT2D eigenvalue weighted by molar-refractivity contribution is -0.148. The van der Waals surface area contributed by atoms with E-state index in [0.29, 0.717) is 0 Å². The molecule has 0 radical (unpaired) electrons. The monoisotopic (exact) mass is 668 g/mol. The second-order valence-electron chi connectivity index (χ2n) is 6.97. The Kier molecular flexibility index (Phi) is 9.54. The maximum Gasteiger partial charge on any atom is 0.517 e. The molecule has 0 aromatic heterocycles. The number of sulfonamides is 2. The molecule has 0 aliphatic heterocycles. The van der Waals surface area contributed by atoms with E-state index in [2.05, 4.69) is 0 Å². The molecule has 2 aromatic carbocycles. The zero-order chi connectivity index (χ0) is 29.4.